The second-order valence-electron chi connectivity index (χ2n) is 9.02. The van der Waals surface area contributed by atoms with Gasteiger partial charge in [0.2, 0.25) is 0 Å². The predicted molar refractivity (Wildman–Crippen MR) is 129 cm³/mol. The van der Waals surface area contributed by atoms with Crippen LogP contribution in [0.25, 0.3) is 5.82 Å². The third-order valence-corrected chi connectivity index (χ3v) is 6.42. The summed E-state index contributed by atoms with van der Waals surface area (Å²) in [4.78, 5) is 30.7. The lowest BCUT2D eigenvalue weighted by Crippen LogP contribution is -2.58. The van der Waals surface area contributed by atoms with Crippen molar-refractivity contribution >= 4 is 18.2 Å². The van der Waals surface area contributed by atoms with Crippen LogP contribution in [0.15, 0.2) is 35.6 Å². The van der Waals surface area contributed by atoms with Crippen LogP contribution in [0.5, 0.6) is 5.75 Å². The number of hydrogen-bond donors (Lipinski definition) is 1. The van der Waals surface area contributed by atoms with Crippen molar-refractivity contribution in [2.24, 2.45) is 5.10 Å². The smallest absolute Gasteiger partial charge is 0.341 e. The molecule has 1 atom stereocenters. The maximum absolute atomic E-state index is 14.5. The summed E-state index contributed by atoms with van der Waals surface area (Å²) < 4.78 is 49.0. The van der Waals surface area contributed by atoms with Gasteiger partial charge in [0.25, 0.3) is 5.91 Å². The number of halogens is 3. The normalized spacial score (nSPS) is 16.7. The molecule has 11 nitrogen and oxygen atoms in total. The number of rotatable bonds is 5. The Labute approximate surface area is 220 Å². The molecule has 2 aromatic heterocycles. The minimum atomic E-state index is -0.748. The quantitative estimate of drug-likeness (QED) is 0.393. The second kappa shape index (κ2) is 10.1. The van der Waals surface area contributed by atoms with Crippen LogP contribution < -0.4 is 10.1 Å². The Kier molecular flexibility index (Phi) is 6.65. The summed E-state index contributed by atoms with van der Waals surface area (Å²) in [7, 11) is 0. The maximum Gasteiger partial charge on any atom is 0.341 e. The molecule has 4 heterocycles. The monoisotopic (exact) mass is 538 g/mol. The number of nitrogens with one attached hydrogen (secondary N) is 1. The molecule has 2 aliphatic rings. The Morgan fingerprint density at radius 2 is 1.85 bits per heavy atom. The first-order chi connectivity index (χ1) is 18.7. The summed E-state index contributed by atoms with van der Waals surface area (Å²) in [5.41, 5.74) is 1.23. The molecule has 0 radical (unpaired) electrons. The number of carbonyl (C=O) groups is 2. The molecule has 0 spiro atoms. The third-order valence-electron chi connectivity index (χ3n) is 6.42. The van der Waals surface area contributed by atoms with E-state index in [-0.39, 0.29) is 35.8 Å². The number of carbonyl (C=O) groups excluding carboxylic acids is 2. The van der Waals surface area contributed by atoms with Gasteiger partial charge in [-0.1, -0.05) is 0 Å². The van der Waals surface area contributed by atoms with Crippen LogP contribution >= 0.6 is 0 Å². The zero-order chi connectivity index (χ0) is 27.8. The number of likely N-dealkylation sites (tertiary alicyclic amines) is 1. The first-order valence-electron chi connectivity index (χ1n) is 11.8. The molecular formula is C25H21F3N8O3. The highest BCUT2D eigenvalue weighted by Crippen LogP contribution is 2.32. The molecule has 1 aromatic carbocycles. The van der Waals surface area contributed by atoms with Crippen molar-refractivity contribution in [3.05, 3.63) is 70.4 Å². The largest absolute Gasteiger partial charge is 0.483 e. The summed E-state index contributed by atoms with van der Waals surface area (Å²) in [6.45, 7) is 3.46. The SMILES string of the molecule is Cc1nn(-c2cc(OC3CN(C(=O)N4N=CCC4c4cc(F)cc(F)c4)C3)c(F)cn2)c(C)c1C(=O)NC#N. The van der Waals surface area contributed by atoms with E-state index in [4.69, 9.17) is 10.00 Å². The van der Waals surface area contributed by atoms with Crippen molar-refractivity contribution < 1.29 is 27.5 Å². The highest BCUT2D eigenvalue weighted by atomic mass is 19.1. The molecule has 14 heteroatoms. The molecule has 200 valence electrons. The van der Waals surface area contributed by atoms with Gasteiger partial charge in [0.1, 0.15) is 17.7 Å². The lowest BCUT2D eigenvalue weighted by Gasteiger charge is -2.41. The summed E-state index contributed by atoms with van der Waals surface area (Å²) in [5, 5.41) is 20.3. The lowest BCUT2D eigenvalue weighted by atomic mass is 10.0. The number of nitriles is 1. The Morgan fingerprint density at radius 1 is 1.13 bits per heavy atom. The van der Waals surface area contributed by atoms with Gasteiger partial charge < -0.3 is 9.64 Å². The van der Waals surface area contributed by atoms with E-state index < -0.39 is 41.5 Å². The van der Waals surface area contributed by atoms with Crippen LogP contribution in [-0.4, -0.2) is 62.0 Å². The molecule has 3 amide bonds. The van der Waals surface area contributed by atoms with E-state index in [0.717, 1.165) is 24.4 Å². The number of aryl methyl sites for hydroxylation is 1. The third kappa shape index (κ3) is 4.86. The number of ether oxygens (including phenoxy) is 1. The Morgan fingerprint density at radius 3 is 2.54 bits per heavy atom. The standard InChI is InChI=1S/C25H21F3N8O3/c1-13-23(24(37)31-12-29)14(2)35(33-13)22-8-21(19(28)9-30-22)39-18-10-34(11-18)25(38)36-20(3-4-32-36)15-5-16(26)7-17(27)6-15/h4-9,18,20H,3,10-11H2,1-2H3,(H,31,37). The van der Waals surface area contributed by atoms with Crippen molar-refractivity contribution in [2.75, 3.05) is 13.1 Å². The van der Waals surface area contributed by atoms with E-state index in [1.54, 1.807) is 20.0 Å². The molecule has 2 aliphatic heterocycles. The lowest BCUT2D eigenvalue weighted by molar-refractivity contribution is 0.0256. The van der Waals surface area contributed by atoms with Crippen LogP contribution in [-0.2, 0) is 0 Å². The Bertz CT molecular complexity index is 1520. The molecule has 1 N–H and O–H groups in total. The van der Waals surface area contributed by atoms with E-state index >= 15 is 0 Å². The molecule has 1 unspecified atom stereocenters. The number of urea groups is 1. The average molecular weight is 538 g/mol. The first kappa shape index (κ1) is 25.7. The summed E-state index contributed by atoms with van der Waals surface area (Å²) in [6, 6.07) is 3.28. The Balaban J connectivity index is 1.26. The van der Waals surface area contributed by atoms with Crippen molar-refractivity contribution in [2.45, 2.75) is 32.4 Å². The van der Waals surface area contributed by atoms with E-state index in [1.807, 2.05) is 0 Å². The number of aromatic nitrogens is 3. The van der Waals surface area contributed by atoms with Crippen molar-refractivity contribution in [1.82, 2.24) is 30.0 Å². The highest BCUT2D eigenvalue weighted by molar-refractivity contribution is 5.97. The van der Waals surface area contributed by atoms with Gasteiger partial charge >= 0.3 is 6.03 Å². The number of hydrogen-bond acceptors (Lipinski definition) is 7. The van der Waals surface area contributed by atoms with Gasteiger partial charge in [-0.25, -0.2) is 32.6 Å². The number of nitrogens with zero attached hydrogens (tertiary/aromatic N) is 7. The molecule has 0 saturated carbocycles. The molecule has 39 heavy (non-hydrogen) atoms. The van der Waals surface area contributed by atoms with Gasteiger partial charge in [-0.2, -0.15) is 15.5 Å². The topological polar surface area (TPSA) is 129 Å². The van der Waals surface area contributed by atoms with Crippen LogP contribution in [0.4, 0.5) is 18.0 Å². The molecular weight excluding hydrogens is 517 g/mol. The summed E-state index contributed by atoms with van der Waals surface area (Å²) in [5.74, 6) is -2.79. The molecule has 3 aromatic rings. The minimum Gasteiger partial charge on any atom is -0.483 e. The van der Waals surface area contributed by atoms with Gasteiger partial charge in [-0.15, -0.1) is 0 Å². The van der Waals surface area contributed by atoms with Gasteiger partial charge in [-0.05, 0) is 31.5 Å². The number of hydrazone groups is 1. The minimum absolute atomic E-state index is 0.125. The van der Waals surface area contributed by atoms with Crippen LogP contribution in [0, 0.1) is 42.8 Å². The molecule has 1 fully saturated rings. The number of pyridine rings is 1. The van der Waals surface area contributed by atoms with Crippen LogP contribution in [0.2, 0.25) is 0 Å². The van der Waals surface area contributed by atoms with E-state index in [9.17, 15) is 22.8 Å². The van der Waals surface area contributed by atoms with Crippen molar-refractivity contribution in [3.63, 3.8) is 0 Å². The fraction of sp³-hybridized carbons (Fsp3) is 0.280. The van der Waals surface area contributed by atoms with Crippen LogP contribution in [0.3, 0.4) is 0 Å². The van der Waals surface area contributed by atoms with E-state index in [1.165, 1.54) is 26.9 Å². The number of benzene rings is 1. The molecule has 1 saturated heterocycles. The number of amides is 3. The summed E-state index contributed by atoms with van der Waals surface area (Å²) >= 11 is 0. The Hall–Kier alpha value is -4.93. The maximum atomic E-state index is 14.5. The zero-order valence-corrected chi connectivity index (χ0v) is 20.7. The zero-order valence-electron chi connectivity index (χ0n) is 20.7. The first-order valence-corrected chi connectivity index (χ1v) is 11.8. The second-order valence-corrected chi connectivity index (χ2v) is 9.02. The molecule has 5 rings (SSSR count). The predicted octanol–water partition coefficient (Wildman–Crippen LogP) is 3.13. The van der Waals surface area contributed by atoms with Gasteiger partial charge in [0, 0.05) is 24.8 Å². The fourth-order valence-electron chi connectivity index (χ4n) is 4.56. The molecule has 0 bridgehead atoms. The van der Waals surface area contributed by atoms with Crippen LogP contribution in [0.1, 0.15) is 39.8 Å². The highest BCUT2D eigenvalue weighted by Gasteiger charge is 2.39. The van der Waals surface area contributed by atoms with E-state index in [0.29, 0.717) is 17.8 Å². The molecule has 0 aliphatic carbocycles. The van der Waals surface area contributed by atoms with Gasteiger partial charge in [0.05, 0.1) is 42.3 Å². The van der Waals surface area contributed by atoms with Crippen molar-refractivity contribution in [3.8, 4) is 17.8 Å². The average Bonchev–Trinajstić information content (AvgIpc) is 3.46. The summed E-state index contributed by atoms with van der Waals surface area (Å²) in [6.07, 6.45) is 3.80. The van der Waals surface area contributed by atoms with E-state index in [2.05, 4.69) is 20.5 Å². The van der Waals surface area contributed by atoms with Gasteiger partial charge in [0.15, 0.2) is 23.6 Å². The fourth-order valence-corrected chi connectivity index (χ4v) is 4.56. The van der Waals surface area contributed by atoms with Crippen molar-refractivity contribution in [1.29, 1.82) is 5.26 Å². The van der Waals surface area contributed by atoms with Gasteiger partial charge in [-0.3, -0.25) is 10.1 Å².